The lowest BCUT2D eigenvalue weighted by atomic mass is 10.3. The molecule has 0 atom stereocenters. The number of imidazole rings is 1. The summed E-state index contributed by atoms with van der Waals surface area (Å²) >= 11 is 0. The third-order valence-corrected chi connectivity index (χ3v) is 4.35. The minimum Gasteiger partial charge on any atom is -0.337 e. The predicted octanol–water partition coefficient (Wildman–Crippen LogP) is 3.22. The second-order valence-electron chi connectivity index (χ2n) is 6.14. The summed E-state index contributed by atoms with van der Waals surface area (Å²) in [6.45, 7) is 0.631. The fourth-order valence-electron chi connectivity index (χ4n) is 2.89. The molecule has 5 nitrogen and oxygen atoms in total. The van der Waals surface area contributed by atoms with Crippen molar-refractivity contribution in [3.63, 3.8) is 0 Å². The number of hydrogen-bond donors (Lipinski definition) is 0. The number of rotatable bonds is 4. The van der Waals surface area contributed by atoms with Gasteiger partial charge < -0.3 is 9.09 Å². The van der Waals surface area contributed by atoms with Crippen molar-refractivity contribution in [3.8, 4) is 0 Å². The van der Waals surface area contributed by atoms with Crippen LogP contribution in [-0.2, 0) is 6.54 Å². The van der Waals surface area contributed by atoms with Crippen LogP contribution in [0.2, 0.25) is 0 Å². The number of benzene rings is 1. The van der Waals surface area contributed by atoms with Crippen molar-refractivity contribution in [2.24, 2.45) is 0 Å². The lowest BCUT2D eigenvalue weighted by Gasteiger charge is -2.05. The second-order valence-corrected chi connectivity index (χ2v) is 6.14. The van der Waals surface area contributed by atoms with Crippen LogP contribution in [0.25, 0.3) is 11.0 Å². The van der Waals surface area contributed by atoms with Crippen molar-refractivity contribution >= 4 is 11.0 Å². The maximum atomic E-state index is 5.43. The van der Waals surface area contributed by atoms with Crippen molar-refractivity contribution in [1.29, 1.82) is 0 Å². The van der Waals surface area contributed by atoms with E-state index < -0.39 is 0 Å². The van der Waals surface area contributed by atoms with Crippen LogP contribution in [0.3, 0.4) is 0 Å². The Morgan fingerprint density at radius 2 is 1.86 bits per heavy atom. The minimum atomic E-state index is 0.532. The summed E-state index contributed by atoms with van der Waals surface area (Å²) in [5, 5.41) is 4.11. The van der Waals surface area contributed by atoms with Crippen molar-refractivity contribution in [1.82, 2.24) is 19.7 Å². The molecule has 5 rings (SSSR count). The van der Waals surface area contributed by atoms with Gasteiger partial charge in [-0.05, 0) is 37.8 Å². The fourth-order valence-corrected chi connectivity index (χ4v) is 2.89. The lowest BCUT2D eigenvalue weighted by molar-refractivity contribution is 0.366. The molecule has 0 unspecified atom stereocenters. The van der Waals surface area contributed by atoms with Gasteiger partial charge in [0.2, 0.25) is 5.89 Å². The average molecular weight is 280 g/mol. The van der Waals surface area contributed by atoms with E-state index in [1.807, 2.05) is 6.07 Å². The Bertz CT molecular complexity index is 811. The Hall–Kier alpha value is -2.17. The standard InChI is InChI=1S/C16H16N4O/c1-2-4-13-12(3-1)17-16(11-7-8-11)20(13)9-14-18-15(19-21-14)10-5-6-10/h1-4,10-11H,5-9H2. The molecule has 0 bridgehead atoms. The molecule has 2 fully saturated rings. The van der Waals surface area contributed by atoms with Crippen LogP contribution in [-0.4, -0.2) is 19.7 Å². The average Bonchev–Trinajstić information content (AvgIpc) is 3.44. The molecular formula is C16H16N4O. The normalized spacial score (nSPS) is 18.5. The van der Waals surface area contributed by atoms with E-state index >= 15 is 0 Å². The molecule has 1 aromatic carbocycles. The highest BCUT2D eigenvalue weighted by molar-refractivity contribution is 5.76. The fraction of sp³-hybridized carbons (Fsp3) is 0.438. The molecule has 2 heterocycles. The first kappa shape index (κ1) is 11.5. The van der Waals surface area contributed by atoms with Crippen LogP contribution in [0.5, 0.6) is 0 Å². The maximum Gasteiger partial charge on any atom is 0.246 e. The van der Waals surface area contributed by atoms with Gasteiger partial charge in [0.25, 0.3) is 0 Å². The Morgan fingerprint density at radius 3 is 2.67 bits per heavy atom. The van der Waals surface area contributed by atoms with Gasteiger partial charge in [0, 0.05) is 11.8 Å². The SMILES string of the molecule is c1ccc2c(c1)nc(C1CC1)n2Cc1nc(C2CC2)no1. The van der Waals surface area contributed by atoms with Gasteiger partial charge >= 0.3 is 0 Å². The van der Waals surface area contributed by atoms with Gasteiger partial charge in [-0.3, -0.25) is 0 Å². The Morgan fingerprint density at radius 1 is 1.05 bits per heavy atom. The number of para-hydroxylation sites is 2. The van der Waals surface area contributed by atoms with Gasteiger partial charge in [-0.1, -0.05) is 17.3 Å². The van der Waals surface area contributed by atoms with E-state index in [1.54, 1.807) is 0 Å². The van der Waals surface area contributed by atoms with Crippen LogP contribution in [0.1, 0.15) is 55.1 Å². The van der Waals surface area contributed by atoms with Gasteiger partial charge in [0.1, 0.15) is 12.4 Å². The van der Waals surface area contributed by atoms with Gasteiger partial charge in [-0.2, -0.15) is 4.98 Å². The van der Waals surface area contributed by atoms with Crippen LogP contribution < -0.4 is 0 Å². The molecule has 106 valence electrons. The van der Waals surface area contributed by atoms with E-state index in [-0.39, 0.29) is 0 Å². The Labute approximate surface area is 122 Å². The van der Waals surface area contributed by atoms with E-state index in [1.165, 1.54) is 31.5 Å². The number of hydrogen-bond acceptors (Lipinski definition) is 4. The van der Waals surface area contributed by atoms with E-state index in [4.69, 9.17) is 9.51 Å². The lowest BCUT2D eigenvalue weighted by Crippen LogP contribution is -2.04. The number of fused-ring (bicyclic) bond motifs is 1. The van der Waals surface area contributed by atoms with E-state index in [0.29, 0.717) is 24.3 Å². The summed E-state index contributed by atoms with van der Waals surface area (Å²) in [4.78, 5) is 9.35. The quantitative estimate of drug-likeness (QED) is 0.736. The monoisotopic (exact) mass is 280 g/mol. The van der Waals surface area contributed by atoms with Gasteiger partial charge in [0.05, 0.1) is 11.0 Å². The molecule has 2 saturated carbocycles. The van der Waals surface area contributed by atoms with Crippen molar-refractivity contribution in [2.75, 3.05) is 0 Å². The smallest absolute Gasteiger partial charge is 0.246 e. The van der Waals surface area contributed by atoms with Gasteiger partial charge in [-0.15, -0.1) is 0 Å². The summed E-state index contributed by atoms with van der Waals surface area (Å²) in [6, 6.07) is 8.28. The van der Waals surface area contributed by atoms with Crippen molar-refractivity contribution in [2.45, 2.75) is 44.1 Å². The van der Waals surface area contributed by atoms with Crippen LogP contribution in [0, 0.1) is 0 Å². The first-order valence-corrected chi connectivity index (χ1v) is 7.66. The summed E-state index contributed by atoms with van der Waals surface area (Å²) in [5.74, 6) is 3.87. The molecule has 0 N–H and O–H groups in total. The first-order valence-electron chi connectivity index (χ1n) is 7.66. The topological polar surface area (TPSA) is 56.7 Å². The zero-order valence-electron chi connectivity index (χ0n) is 11.7. The van der Waals surface area contributed by atoms with Gasteiger partial charge in [-0.25, -0.2) is 4.98 Å². The summed E-state index contributed by atoms with van der Waals surface area (Å²) in [7, 11) is 0. The predicted molar refractivity (Wildman–Crippen MR) is 77.1 cm³/mol. The van der Waals surface area contributed by atoms with Crippen LogP contribution in [0.4, 0.5) is 0 Å². The van der Waals surface area contributed by atoms with Crippen LogP contribution >= 0.6 is 0 Å². The number of aromatic nitrogens is 4. The first-order chi connectivity index (χ1) is 10.4. The molecule has 0 aliphatic heterocycles. The highest BCUT2D eigenvalue weighted by atomic mass is 16.5. The second kappa shape index (κ2) is 4.16. The minimum absolute atomic E-state index is 0.532. The molecule has 0 saturated heterocycles. The van der Waals surface area contributed by atoms with E-state index in [2.05, 4.69) is 32.9 Å². The molecule has 21 heavy (non-hydrogen) atoms. The Kier molecular flexibility index (Phi) is 2.28. The molecule has 0 spiro atoms. The molecule has 2 aliphatic carbocycles. The third-order valence-electron chi connectivity index (χ3n) is 4.35. The molecular weight excluding hydrogens is 264 g/mol. The highest BCUT2D eigenvalue weighted by Gasteiger charge is 2.31. The summed E-state index contributed by atoms with van der Waals surface area (Å²) in [6.07, 6.45) is 4.86. The van der Waals surface area contributed by atoms with Crippen LogP contribution in [0.15, 0.2) is 28.8 Å². The van der Waals surface area contributed by atoms with Crippen molar-refractivity contribution < 1.29 is 4.52 Å². The highest BCUT2D eigenvalue weighted by Crippen LogP contribution is 2.41. The number of nitrogens with zero attached hydrogens (tertiary/aromatic N) is 4. The zero-order valence-corrected chi connectivity index (χ0v) is 11.7. The zero-order chi connectivity index (χ0) is 13.8. The largest absolute Gasteiger partial charge is 0.337 e. The molecule has 5 heteroatoms. The molecule has 2 aliphatic rings. The maximum absolute atomic E-state index is 5.43. The van der Waals surface area contributed by atoms with E-state index in [0.717, 1.165) is 16.9 Å². The summed E-state index contributed by atoms with van der Waals surface area (Å²) in [5.41, 5.74) is 2.21. The molecule has 0 radical (unpaired) electrons. The van der Waals surface area contributed by atoms with E-state index in [9.17, 15) is 0 Å². The summed E-state index contributed by atoms with van der Waals surface area (Å²) < 4.78 is 7.68. The Balaban J connectivity index is 1.56. The van der Waals surface area contributed by atoms with Gasteiger partial charge in [0.15, 0.2) is 5.82 Å². The molecule has 3 aromatic rings. The molecule has 0 amide bonds. The third kappa shape index (κ3) is 1.95. The molecule has 2 aromatic heterocycles. The van der Waals surface area contributed by atoms with Crippen molar-refractivity contribution in [3.05, 3.63) is 41.8 Å².